The lowest BCUT2D eigenvalue weighted by atomic mass is 10.1. The SMILES string of the molecule is CCOC(=O)c1ccc(NCc2cc(OCC)c(OCc3cccc(C)c3)cc2Cl)cc1. The lowest BCUT2D eigenvalue weighted by Gasteiger charge is -2.16. The molecule has 32 heavy (non-hydrogen) atoms. The van der Waals surface area contributed by atoms with Crippen molar-refractivity contribution in [2.45, 2.75) is 33.9 Å². The van der Waals surface area contributed by atoms with Crippen molar-refractivity contribution in [3.63, 3.8) is 0 Å². The number of hydrogen-bond donors (Lipinski definition) is 1. The standard InChI is InChI=1S/C26H28ClNO4/c1-4-30-24-14-21(16-28-22-11-9-20(10-12-22)26(29)31-5-2)23(27)15-25(24)32-17-19-8-6-7-18(3)13-19/h6-15,28H,4-5,16-17H2,1-3H3. The normalized spacial score (nSPS) is 10.5. The van der Waals surface area contributed by atoms with Gasteiger partial charge < -0.3 is 19.5 Å². The van der Waals surface area contributed by atoms with E-state index >= 15 is 0 Å². The Morgan fingerprint density at radius 3 is 2.38 bits per heavy atom. The molecule has 0 fully saturated rings. The maximum Gasteiger partial charge on any atom is 0.338 e. The van der Waals surface area contributed by atoms with Crippen LogP contribution in [0.3, 0.4) is 0 Å². The number of aryl methyl sites for hydroxylation is 1. The summed E-state index contributed by atoms with van der Waals surface area (Å²) in [5.41, 5.74) is 4.54. The molecule has 0 aromatic heterocycles. The van der Waals surface area contributed by atoms with E-state index in [2.05, 4.69) is 24.4 Å². The van der Waals surface area contributed by atoms with Gasteiger partial charge in [0.2, 0.25) is 0 Å². The molecule has 0 radical (unpaired) electrons. The Labute approximate surface area is 194 Å². The molecule has 0 saturated carbocycles. The summed E-state index contributed by atoms with van der Waals surface area (Å²) >= 11 is 6.54. The van der Waals surface area contributed by atoms with Gasteiger partial charge >= 0.3 is 5.97 Å². The summed E-state index contributed by atoms with van der Waals surface area (Å²) in [6, 6.07) is 19.0. The Morgan fingerprint density at radius 2 is 1.69 bits per heavy atom. The Balaban J connectivity index is 1.69. The number of halogens is 1. The van der Waals surface area contributed by atoms with Gasteiger partial charge in [0.15, 0.2) is 11.5 Å². The van der Waals surface area contributed by atoms with Crippen molar-refractivity contribution in [1.29, 1.82) is 0 Å². The average molecular weight is 454 g/mol. The minimum atomic E-state index is -0.329. The molecule has 0 bridgehead atoms. The minimum Gasteiger partial charge on any atom is -0.490 e. The zero-order valence-corrected chi connectivity index (χ0v) is 19.4. The third-order valence-electron chi connectivity index (χ3n) is 4.77. The predicted octanol–water partition coefficient (Wildman–Crippen LogP) is 6.41. The number of carbonyl (C=O) groups is 1. The van der Waals surface area contributed by atoms with Crippen LogP contribution in [0.15, 0.2) is 60.7 Å². The fourth-order valence-electron chi connectivity index (χ4n) is 3.19. The van der Waals surface area contributed by atoms with Crippen molar-refractivity contribution in [3.8, 4) is 11.5 Å². The van der Waals surface area contributed by atoms with Gasteiger partial charge in [-0.15, -0.1) is 0 Å². The minimum absolute atomic E-state index is 0.329. The highest BCUT2D eigenvalue weighted by molar-refractivity contribution is 6.31. The molecule has 0 aliphatic heterocycles. The first-order valence-corrected chi connectivity index (χ1v) is 11.0. The van der Waals surface area contributed by atoms with Crippen LogP contribution in [0, 0.1) is 6.92 Å². The first kappa shape index (κ1) is 23.5. The number of esters is 1. The number of hydrogen-bond acceptors (Lipinski definition) is 5. The van der Waals surface area contributed by atoms with Gasteiger partial charge in [0.05, 0.1) is 18.8 Å². The number of ether oxygens (including phenoxy) is 3. The summed E-state index contributed by atoms with van der Waals surface area (Å²) in [5.74, 6) is 0.935. The Hall–Kier alpha value is -3.18. The number of rotatable bonds is 10. The van der Waals surface area contributed by atoms with E-state index in [1.165, 1.54) is 5.56 Å². The quantitative estimate of drug-likeness (QED) is 0.359. The van der Waals surface area contributed by atoms with E-state index < -0.39 is 0 Å². The fraction of sp³-hybridized carbons (Fsp3) is 0.269. The first-order valence-electron chi connectivity index (χ1n) is 10.6. The number of carbonyl (C=O) groups excluding carboxylic acids is 1. The zero-order valence-electron chi connectivity index (χ0n) is 18.6. The van der Waals surface area contributed by atoms with Crippen LogP contribution in [0.1, 0.15) is 40.9 Å². The summed E-state index contributed by atoms with van der Waals surface area (Å²) in [6.45, 7) is 7.57. The lowest BCUT2D eigenvalue weighted by Crippen LogP contribution is -2.06. The van der Waals surface area contributed by atoms with Crippen LogP contribution in [0.25, 0.3) is 0 Å². The molecule has 0 saturated heterocycles. The summed E-state index contributed by atoms with van der Waals surface area (Å²) in [6.07, 6.45) is 0. The monoisotopic (exact) mass is 453 g/mol. The molecule has 0 spiro atoms. The summed E-state index contributed by atoms with van der Waals surface area (Å²) < 4.78 is 16.8. The van der Waals surface area contributed by atoms with Crippen LogP contribution in [-0.4, -0.2) is 19.2 Å². The molecule has 0 atom stereocenters. The van der Waals surface area contributed by atoms with Gasteiger partial charge in [-0.05, 0) is 62.2 Å². The van der Waals surface area contributed by atoms with Crippen molar-refractivity contribution < 1.29 is 19.0 Å². The van der Waals surface area contributed by atoms with Crippen molar-refractivity contribution in [2.24, 2.45) is 0 Å². The maximum atomic E-state index is 11.8. The van der Waals surface area contributed by atoms with Crippen LogP contribution >= 0.6 is 11.6 Å². The van der Waals surface area contributed by atoms with Crippen molar-refractivity contribution in [1.82, 2.24) is 0 Å². The highest BCUT2D eigenvalue weighted by atomic mass is 35.5. The van der Waals surface area contributed by atoms with Crippen LogP contribution in [0.4, 0.5) is 5.69 Å². The smallest absolute Gasteiger partial charge is 0.338 e. The van der Waals surface area contributed by atoms with Crippen molar-refractivity contribution in [3.05, 3.63) is 87.9 Å². The van der Waals surface area contributed by atoms with E-state index in [1.54, 1.807) is 25.1 Å². The largest absolute Gasteiger partial charge is 0.490 e. The van der Waals surface area contributed by atoms with E-state index in [0.717, 1.165) is 16.8 Å². The van der Waals surface area contributed by atoms with Gasteiger partial charge in [-0.2, -0.15) is 0 Å². The molecule has 0 aliphatic rings. The molecule has 0 heterocycles. The van der Waals surface area contributed by atoms with Crippen LogP contribution in [0.5, 0.6) is 11.5 Å². The zero-order chi connectivity index (χ0) is 22.9. The number of anilines is 1. The molecule has 3 aromatic carbocycles. The second-order valence-electron chi connectivity index (χ2n) is 7.25. The highest BCUT2D eigenvalue weighted by Crippen LogP contribution is 2.34. The molecule has 168 valence electrons. The van der Waals surface area contributed by atoms with Gasteiger partial charge in [0.1, 0.15) is 6.61 Å². The van der Waals surface area contributed by atoms with Crippen molar-refractivity contribution >= 4 is 23.3 Å². The topological polar surface area (TPSA) is 56.8 Å². The first-order chi connectivity index (χ1) is 15.5. The second-order valence-corrected chi connectivity index (χ2v) is 7.66. The highest BCUT2D eigenvalue weighted by Gasteiger charge is 2.12. The lowest BCUT2D eigenvalue weighted by molar-refractivity contribution is 0.0526. The molecule has 0 unspecified atom stereocenters. The third-order valence-corrected chi connectivity index (χ3v) is 5.12. The van der Waals surface area contributed by atoms with Crippen LogP contribution in [0.2, 0.25) is 5.02 Å². The Morgan fingerprint density at radius 1 is 0.938 bits per heavy atom. The Kier molecular flexibility index (Phi) is 8.40. The number of benzene rings is 3. The molecule has 3 aromatic rings. The van der Waals surface area contributed by atoms with Crippen LogP contribution < -0.4 is 14.8 Å². The van der Waals surface area contributed by atoms with E-state index in [-0.39, 0.29) is 5.97 Å². The molecule has 3 rings (SSSR count). The van der Waals surface area contributed by atoms with Crippen molar-refractivity contribution in [2.75, 3.05) is 18.5 Å². The second kappa shape index (κ2) is 11.4. The van der Waals surface area contributed by atoms with E-state index in [1.807, 2.05) is 37.3 Å². The van der Waals surface area contributed by atoms with E-state index in [4.69, 9.17) is 25.8 Å². The molecule has 1 N–H and O–H groups in total. The number of nitrogens with one attached hydrogen (secondary N) is 1. The average Bonchev–Trinajstić information content (AvgIpc) is 2.79. The molecule has 0 amide bonds. The van der Waals surface area contributed by atoms with Gasteiger partial charge in [-0.3, -0.25) is 0 Å². The van der Waals surface area contributed by atoms with E-state index in [0.29, 0.717) is 48.5 Å². The Bertz CT molecular complexity index is 1050. The van der Waals surface area contributed by atoms with Gasteiger partial charge in [-0.25, -0.2) is 4.79 Å². The van der Waals surface area contributed by atoms with Gasteiger partial charge in [0, 0.05) is 23.3 Å². The van der Waals surface area contributed by atoms with E-state index in [9.17, 15) is 4.79 Å². The van der Waals surface area contributed by atoms with Crippen LogP contribution in [-0.2, 0) is 17.9 Å². The summed E-state index contributed by atoms with van der Waals surface area (Å²) in [5, 5.41) is 3.91. The van der Waals surface area contributed by atoms with Gasteiger partial charge in [-0.1, -0.05) is 41.4 Å². The molecular weight excluding hydrogens is 426 g/mol. The molecule has 5 nitrogen and oxygen atoms in total. The summed E-state index contributed by atoms with van der Waals surface area (Å²) in [7, 11) is 0. The summed E-state index contributed by atoms with van der Waals surface area (Å²) in [4.78, 5) is 11.8. The predicted molar refractivity (Wildman–Crippen MR) is 128 cm³/mol. The molecule has 0 aliphatic carbocycles. The molecule has 6 heteroatoms. The molecular formula is C26H28ClNO4. The third kappa shape index (κ3) is 6.41. The fourth-order valence-corrected chi connectivity index (χ4v) is 3.41. The maximum absolute atomic E-state index is 11.8. The van der Waals surface area contributed by atoms with Gasteiger partial charge in [0.25, 0.3) is 0 Å².